The van der Waals surface area contributed by atoms with Crippen molar-refractivity contribution >= 4 is 40.4 Å². The van der Waals surface area contributed by atoms with Crippen LogP contribution in [0.1, 0.15) is 29.1 Å². The van der Waals surface area contributed by atoms with E-state index >= 15 is 0 Å². The third-order valence-electron chi connectivity index (χ3n) is 4.00. The molecule has 0 unspecified atom stereocenters. The number of hydrogen-bond donors (Lipinski definition) is 0. The van der Waals surface area contributed by atoms with E-state index in [4.69, 9.17) is 23.2 Å². The lowest BCUT2D eigenvalue weighted by Gasteiger charge is -2.08. The SMILES string of the molecule is CCc1sc(=NC(=O)c2cccc(Cl)c2)n(CC)c1-c1ccc(Cl)cc1. The van der Waals surface area contributed by atoms with Gasteiger partial charge in [0.1, 0.15) is 0 Å². The molecule has 1 heterocycles. The van der Waals surface area contributed by atoms with Crippen LogP contribution in [-0.4, -0.2) is 10.5 Å². The van der Waals surface area contributed by atoms with Crippen LogP contribution in [0, 0.1) is 0 Å². The average Bonchev–Trinajstić information content (AvgIpc) is 2.99. The molecule has 134 valence electrons. The highest BCUT2D eigenvalue weighted by molar-refractivity contribution is 7.09. The maximum absolute atomic E-state index is 12.6. The fraction of sp³-hybridized carbons (Fsp3) is 0.200. The van der Waals surface area contributed by atoms with E-state index in [1.54, 1.807) is 35.6 Å². The molecule has 2 aromatic carbocycles. The van der Waals surface area contributed by atoms with Gasteiger partial charge in [0.25, 0.3) is 5.91 Å². The third kappa shape index (κ3) is 3.93. The summed E-state index contributed by atoms with van der Waals surface area (Å²) in [5.41, 5.74) is 2.65. The van der Waals surface area contributed by atoms with Gasteiger partial charge in [-0.3, -0.25) is 4.79 Å². The fourth-order valence-electron chi connectivity index (χ4n) is 2.77. The van der Waals surface area contributed by atoms with Gasteiger partial charge < -0.3 is 4.57 Å². The standard InChI is InChI=1S/C20H18Cl2N2OS/c1-3-17-18(13-8-10-15(21)11-9-13)24(4-2)20(26-17)23-19(25)14-6-5-7-16(22)12-14/h5-12H,3-4H2,1-2H3. The molecular weight excluding hydrogens is 387 g/mol. The number of aromatic nitrogens is 1. The van der Waals surface area contributed by atoms with Crippen molar-refractivity contribution in [3.05, 3.63) is 73.8 Å². The zero-order valence-electron chi connectivity index (χ0n) is 14.5. The van der Waals surface area contributed by atoms with Gasteiger partial charge in [-0.25, -0.2) is 0 Å². The lowest BCUT2D eigenvalue weighted by atomic mass is 10.1. The molecule has 3 aromatic rings. The van der Waals surface area contributed by atoms with Crippen LogP contribution < -0.4 is 4.80 Å². The number of halogens is 2. The molecule has 0 aliphatic carbocycles. The van der Waals surface area contributed by atoms with Crippen molar-refractivity contribution in [2.45, 2.75) is 26.8 Å². The minimum absolute atomic E-state index is 0.291. The second-order valence-electron chi connectivity index (χ2n) is 5.69. The van der Waals surface area contributed by atoms with E-state index in [0.717, 1.165) is 24.2 Å². The van der Waals surface area contributed by atoms with Crippen molar-refractivity contribution in [2.24, 2.45) is 4.99 Å². The van der Waals surface area contributed by atoms with E-state index in [1.807, 2.05) is 24.3 Å². The molecule has 0 saturated carbocycles. The van der Waals surface area contributed by atoms with Crippen LogP contribution in [0.15, 0.2) is 53.5 Å². The largest absolute Gasteiger partial charge is 0.316 e. The summed E-state index contributed by atoms with van der Waals surface area (Å²) < 4.78 is 2.08. The van der Waals surface area contributed by atoms with Crippen molar-refractivity contribution in [3.8, 4) is 11.3 Å². The Morgan fingerprint density at radius 2 is 1.81 bits per heavy atom. The first-order valence-corrected chi connectivity index (χ1v) is 9.93. The highest BCUT2D eigenvalue weighted by atomic mass is 35.5. The minimum atomic E-state index is -0.291. The van der Waals surface area contributed by atoms with Gasteiger partial charge >= 0.3 is 0 Å². The second kappa shape index (κ2) is 8.21. The molecule has 3 nitrogen and oxygen atoms in total. The van der Waals surface area contributed by atoms with Gasteiger partial charge in [0.15, 0.2) is 4.80 Å². The lowest BCUT2D eigenvalue weighted by Crippen LogP contribution is -2.17. The smallest absolute Gasteiger partial charge is 0.279 e. The molecule has 26 heavy (non-hydrogen) atoms. The first-order chi connectivity index (χ1) is 12.5. The predicted octanol–water partition coefficient (Wildman–Crippen LogP) is 5.85. The molecule has 0 saturated heterocycles. The number of aryl methyl sites for hydroxylation is 1. The normalized spacial score (nSPS) is 11.8. The molecule has 0 aliphatic heterocycles. The third-order valence-corrected chi connectivity index (χ3v) is 5.71. The van der Waals surface area contributed by atoms with Crippen molar-refractivity contribution in [1.29, 1.82) is 0 Å². The number of carbonyl (C=O) groups excluding carboxylic acids is 1. The Balaban J connectivity index is 2.13. The summed E-state index contributed by atoms with van der Waals surface area (Å²) in [6, 6.07) is 14.6. The summed E-state index contributed by atoms with van der Waals surface area (Å²) in [7, 11) is 0. The highest BCUT2D eigenvalue weighted by Gasteiger charge is 2.15. The topological polar surface area (TPSA) is 34.4 Å². The Hall–Kier alpha value is -1.88. The Labute approximate surface area is 166 Å². The van der Waals surface area contributed by atoms with Crippen molar-refractivity contribution in [2.75, 3.05) is 0 Å². The number of benzene rings is 2. The van der Waals surface area contributed by atoms with E-state index in [9.17, 15) is 4.79 Å². The van der Waals surface area contributed by atoms with Crippen LogP contribution in [0.4, 0.5) is 0 Å². The Kier molecular flexibility index (Phi) is 5.97. The van der Waals surface area contributed by atoms with E-state index in [-0.39, 0.29) is 5.91 Å². The maximum Gasteiger partial charge on any atom is 0.279 e. The molecule has 0 fully saturated rings. The molecule has 0 aliphatic rings. The first kappa shape index (κ1) is 18.9. The summed E-state index contributed by atoms with van der Waals surface area (Å²) in [5, 5.41) is 1.22. The van der Waals surface area contributed by atoms with Crippen molar-refractivity contribution < 1.29 is 4.79 Å². The molecule has 1 aromatic heterocycles. The molecule has 0 radical (unpaired) electrons. The van der Waals surface area contributed by atoms with Gasteiger partial charge in [0, 0.05) is 27.0 Å². The van der Waals surface area contributed by atoms with Crippen LogP contribution in [0.5, 0.6) is 0 Å². The summed E-state index contributed by atoms with van der Waals surface area (Å²) in [6.07, 6.45) is 0.865. The minimum Gasteiger partial charge on any atom is -0.316 e. The van der Waals surface area contributed by atoms with E-state index < -0.39 is 0 Å². The number of carbonyl (C=O) groups is 1. The van der Waals surface area contributed by atoms with E-state index in [0.29, 0.717) is 20.4 Å². The number of hydrogen-bond acceptors (Lipinski definition) is 2. The van der Waals surface area contributed by atoms with Gasteiger partial charge in [0.2, 0.25) is 0 Å². The van der Waals surface area contributed by atoms with Crippen LogP contribution in [0.2, 0.25) is 10.0 Å². The molecule has 3 rings (SSSR count). The molecule has 0 bridgehead atoms. The Morgan fingerprint density at radius 1 is 1.08 bits per heavy atom. The first-order valence-electron chi connectivity index (χ1n) is 8.36. The molecule has 0 atom stereocenters. The second-order valence-corrected chi connectivity index (χ2v) is 7.62. The van der Waals surface area contributed by atoms with Gasteiger partial charge in [-0.1, -0.05) is 48.3 Å². The Morgan fingerprint density at radius 3 is 2.42 bits per heavy atom. The van der Waals surface area contributed by atoms with Gasteiger partial charge in [-0.05, 0) is 49.2 Å². The predicted molar refractivity (Wildman–Crippen MR) is 109 cm³/mol. The lowest BCUT2D eigenvalue weighted by molar-refractivity contribution is 0.0998. The van der Waals surface area contributed by atoms with Crippen molar-refractivity contribution in [1.82, 2.24) is 4.57 Å². The molecule has 0 spiro atoms. The zero-order chi connectivity index (χ0) is 18.7. The van der Waals surface area contributed by atoms with Crippen LogP contribution in [0.3, 0.4) is 0 Å². The number of rotatable bonds is 4. The monoisotopic (exact) mass is 404 g/mol. The zero-order valence-corrected chi connectivity index (χ0v) is 16.8. The van der Waals surface area contributed by atoms with Crippen LogP contribution in [-0.2, 0) is 13.0 Å². The number of amides is 1. The molecule has 6 heteroatoms. The van der Waals surface area contributed by atoms with Crippen LogP contribution in [0.25, 0.3) is 11.3 Å². The Bertz CT molecular complexity index is 1000. The van der Waals surface area contributed by atoms with Gasteiger partial charge in [0.05, 0.1) is 5.69 Å². The van der Waals surface area contributed by atoms with Crippen LogP contribution >= 0.6 is 34.5 Å². The van der Waals surface area contributed by atoms with Gasteiger partial charge in [-0.15, -0.1) is 11.3 Å². The highest BCUT2D eigenvalue weighted by Crippen LogP contribution is 2.27. The van der Waals surface area contributed by atoms with E-state index in [1.165, 1.54) is 4.88 Å². The average molecular weight is 405 g/mol. The van der Waals surface area contributed by atoms with Crippen molar-refractivity contribution in [3.63, 3.8) is 0 Å². The van der Waals surface area contributed by atoms with Gasteiger partial charge in [-0.2, -0.15) is 4.99 Å². The summed E-state index contributed by atoms with van der Waals surface area (Å²) in [6.45, 7) is 4.87. The molecular formula is C20H18Cl2N2OS. The summed E-state index contributed by atoms with van der Waals surface area (Å²) >= 11 is 13.6. The number of thiazole rings is 1. The fourth-order valence-corrected chi connectivity index (χ4v) is 4.24. The number of nitrogens with zero attached hydrogens (tertiary/aromatic N) is 2. The quantitative estimate of drug-likeness (QED) is 0.536. The summed E-state index contributed by atoms with van der Waals surface area (Å²) in [4.78, 5) is 18.8. The summed E-state index contributed by atoms with van der Waals surface area (Å²) in [5.74, 6) is -0.291. The maximum atomic E-state index is 12.6. The molecule has 1 amide bonds. The van der Waals surface area contributed by atoms with E-state index in [2.05, 4.69) is 23.4 Å². The molecule has 0 N–H and O–H groups in total.